The lowest BCUT2D eigenvalue weighted by molar-refractivity contribution is -0.122. The molecule has 0 N–H and O–H groups in total. The molecule has 0 spiro atoms. The Hall–Kier alpha value is -3.45. The van der Waals surface area contributed by atoms with Crippen LogP contribution in [0.5, 0.6) is 0 Å². The fourth-order valence-electron chi connectivity index (χ4n) is 3.40. The van der Waals surface area contributed by atoms with Crippen LogP contribution in [0.15, 0.2) is 71.3 Å². The molecule has 0 radical (unpaired) electrons. The van der Waals surface area contributed by atoms with Crippen molar-refractivity contribution in [2.45, 2.75) is 19.0 Å². The van der Waals surface area contributed by atoms with Crippen LogP contribution in [0.25, 0.3) is 0 Å². The number of benzene rings is 2. The lowest BCUT2D eigenvalue weighted by atomic mass is 10.1. The van der Waals surface area contributed by atoms with Gasteiger partial charge in [0.05, 0.1) is 30.5 Å². The van der Waals surface area contributed by atoms with Gasteiger partial charge in [0.1, 0.15) is 17.6 Å². The van der Waals surface area contributed by atoms with Crippen LogP contribution in [-0.4, -0.2) is 28.7 Å². The van der Waals surface area contributed by atoms with Crippen LogP contribution in [-0.2, 0) is 16.1 Å². The highest BCUT2D eigenvalue weighted by Crippen LogP contribution is 2.29. The second-order valence-electron chi connectivity index (χ2n) is 6.76. The molecule has 1 aliphatic heterocycles. The summed E-state index contributed by atoms with van der Waals surface area (Å²) in [5.41, 5.74) is 0.169. The summed E-state index contributed by atoms with van der Waals surface area (Å²) in [6, 6.07) is 13.9. The maximum absolute atomic E-state index is 14.3. The number of carbonyl (C=O) groups is 3. The SMILES string of the molecule is O=C1CC(N(Cc2ccco2)C(=O)c2ccccc2F)C(=O)N1c1ccc(Cl)cc1. The van der Waals surface area contributed by atoms with Crippen molar-refractivity contribution in [1.29, 1.82) is 0 Å². The molecule has 1 aromatic heterocycles. The molecule has 1 unspecified atom stereocenters. The van der Waals surface area contributed by atoms with E-state index in [4.69, 9.17) is 16.0 Å². The van der Waals surface area contributed by atoms with E-state index in [2.05, 4.69) is 0 Å². The van der Waals surface area contributed by atoms with Crippen molar-refractivity contribution < 1.29 is 23.2 Å². The zero-order valence-electron chi connectivity index (χ0n) is 15.6. The lowest BCUT2D eigenvalue weighted by Gasteiger charge is -2.27. The van der Waals surface area contributed by atoms with Crippen molar-refractivity contribution in [3.8, 4) is 0 Å². The van der Waals surface area contributed by atoms with Gasteiger partial charge in [-0.2, -0.15) is 0 Å². The van der Waals surface area contributed by atoms with E-state index in [0.717, 1.165) is 4.90 Å². The van der Waals surface area contributed by atoms with Crippen molar-refractivity contribution in [3.63, 3.8) is 0 Å². The van der Waals surface area contributed by atoms with Crippen LogP contribution in [0.2, 0.25) is 5.02 Å². The Morgan fingerprint density at radius 2 is 1.83 bits per heavy atom. The van der Waals surface area contributed by atoms with Gasteiger partial charge in [0, 0.05) is 5.02 Å². The van der Waals surface area contributed by atoms with Gasteiger partial charge in [-0.05, 0) is 48.5 Å². The van der Waals surface area contributed by atoms with Crippen LogP contribution in [0, 0.1) is 5.82 Å². The van der Waals surface area contributed by atoms with Crippen LogP contribution in [0.4, 0.5) is 10.1 Å². The van der Waals surface area contributed by atoms with Crippen molar-refractivity contribution in [3.05, 3.63) is 89.1 Å². The molecule has 4 rings (SSSR count). The minimum atomic E-state index is -1.09. The third-order valence-electron chi connectivity index (χ3n) is 4.86. The highest BCUT2D eigenvalue weighted by atomic mass is 35.5. The Morgan fingerprint density at radius 3 is 2.50 bits per heavy atom. The van der Waals surface area contributed by atoms with Gasteiger partial charge in [0.25, 0.3) is 11.8 Å². The number of hydrogen-bond acceptors (Lipinski definition) is 4. The van der Waals surface area contributed by atoms with E-state index < -0.39 is 29.6 Å². The summed E-state index contributed by atoms with van der Waals surface area (Å²) in [6.45, 7) is -0.0850. The summed E-state index contributed by atoms with van der Waals surface area (Å²) in [5, 5.41) is 0.462. The maximum atomic E-state index is 14.3. The van der Waals surface area contributed by atoms with Gasteiger partial charge >= 0.3 is 0 Å². The molecule has 3 aromatic rings. The fourth-order valence-corrected chi connectivity index (χ4v) is 3.53. The molecule has 1 fully saturated rings. The van der Waals surface area contributed by atoms with E-state index in [0.29, 0.717) is 16.5 Å². The Bertz CT molecular complexity index is 1100. The number of halogens is 2. The molecular weight excluding hydrogens is 411 g/mol. The molecule has 0 bridgehead atoms. The van der Waals surface area contributed by atoms with E-state index in [1.54, 1.807) is 36.4 Å². The molecule has 1 aliphatic rings. The number of amides is 3. The van der Waals surface area contributed by atoms with E-state index in [-0.39, 0.29) is 18.5 Å². The Labute approximate surface area is 176 Å². The van der Waals surface area contributed by atoms with E-state index in [1.165, 1.54) is 35.4 Å². The first-order valence-corrected chi connectivity index (χ1v) is 9.54. The average molecular weight is 427 g/mol. The van der Waals surface area contributed by atoms with Crippen molar-refractivity contribution in [2.24, 2.45) is 0 Å². The molecular formula is C22H16ClFN2O4. The predicted octanol–water partition coefficient (Wildman–Crippen LogP) is 4.05. The normalized spacial score (nSPS) is 16.2. The molecule has 0 saturated carbocycles. The first kappa shape index (κ1) is 19.8. The predicted molar refractivity (Wildman–Crippen MR) is 107 cm³/mol. The quantitative estimate of drug-likeness (QED) is 0.577. The molecule has 30 heavy (non-hydrogen) atoms. The zero-order valence-corrected chi connectivity index (χ0v) is 16.4. The van der Waals surface area contributed by atoms with E-state index in [1.807, 2.05) is 0 Å². The second kappa shape index (κ2) is 8.12. The van der Waals surface area contributed by atoms with E-state index in [9.17, 15) is 18.8 Å². The number of imide groups is 1. The minimum absolute atomic E-state index is 0.0850. The molecule has 8 heteroatoms. The number of hydrogen-bond donors (Lipinski definition) is 0. The zero-order chi connectivity index (χ0) is 21.3. The Morgan fingerprint density at radius 1 is 1.10 bits per heavy atom. The third-order valence-corrected chi connectivity index (χ3v) is 5.11. The molecule has 0 aliphatic carbocycles. The van der Waals surface area contributed by atoms with Crippen LogP contribution >= 0.6 is 11.6 Å². The smallest absolute Gasteiger partial charge is 0.257 e. The van der Waals surface area contributed by atoms with Gasteiger partial charge in [0.15, 0.2) is 0 Å². The van der Waals surface area contributed by atoms with Gasteiger partial charge in [0.2, 0.25) is 5.91 Å². The average Bonchev–Trinajstić information content (AvgIpc) is 3.35. The largest absolute Gasteiger partial charge is 0.467 e. The first-order chi connectivity index (χ1) is 14.5. The maximum Gasteiger partial charge on any atom is 0.257 e. The lowest BCUT2D eigenvalue weighted by Crippen LogP contribution is -2.45. The molecule has 6 nitrogen and oxygen atoms in total. The molecule has 1 atom stereocenters. The molecule has 2 aromatic carbocycles. The van der Waals surface area contributed by atoms with Crippen LogP contribution in [0.3, 0.4) is 0 Å². The summed E-state index contributed by atoms with van der Waals surface area (Å²) in [4.78, 5) is 41.2. The van der Waals surface area contributed by atoms with Gasteiger partial charge in [-0.3, -0.25) is 14.4 Å². The Balaban J connectivity index is 1.69. The number of rotatable bonds is 5. The summed E-state index contributed by atoms with van der Waals surface area (Å²) < 4.78 is 19.6. The Kier molecular flexibility index (Phi) is 5.37. The highest BCUT2D eigenvalue weighted by Gasteiger charge is 2.45. The van der Waals surface area contributed by atoms with Gasteiger partial charge < -0.3 is 9.32 Å². The fraction of sp³-hybridized carbons (Fsp3) is 0.136. The van der Waals surface area contributed by atoms with E-state index >= 15 is 0 Å². The molecule has 2 heterocycles. The second-order valence-corrected chi connectivity index (χ2v) is 7.19. The number of nitrogens with zero attached hydrogens (tertiary/aromatic N) is 2. The van der Waals surface area contributed by atoms with Crippen molar-refractivity contribution >= 4 is 35.0 Å². The molecule has 3 amide bonds. The van der Waals surface area contributed by atoms with Gasteiger partial charge in [-0.15, -0.1) is 0 Å². The van der Waals surface area contributed by atoms with Crippen LogP contribution < -0.4 is 4.90 Å². The molecule has 1 saturated heterocycles. The highest BCUT2D eigenvalue weighted by molar-refractivity contribution is 6.31. The summed E-state index contributed by atoms with van der Waals surface area (Å²) in [7, 11) is 0. The van der Waals surface area contributed by atoms with Gasteiger partial charge in [-0.1, -0.05) is 23.7 Å². The number of furan rings is 1. The summed E-state index contributed by atoms with van der Waals surface area (Å²) in [5.74, 6) is -2.03. The van der Waals surface area contributed by atoms with Crippen molar-refractivity contribution in [2.75, 3.05) is 4.90 Å². The number of anilines is 1. The monoisotopic (exact) mass is 426 g/mol. The summed E-state index contributed by atoms with van der Waals surface area (Å²) >= 11 is 5.89. The first-order valence-electron chi connectivity index (χ1n) is 9.16. The van der Waals surface area contributed by atoms with Gasteiger partial charge in [-0.25, -0.2) is 9.29 Å². The molecule has 152 valence electrons. The minimum Gasteiger partial charge on any atom is -0.467 e. The third kappa shape index (κ3) is 3.71. The number of carbonyl (C=O) groups excluding carboxylic acids is 3. The standard InChI is InChI=1S/C22H16ClFN2O4/c23-14-7-9-15(10-8-14)26-20(27)12-19(22(26)29)25(13-16-4-3-11-30-16)21(28)17-5-1-2-6-18(17)24/h1-11,19H,12-13H2. The van der Waals surface area contributed by atoms with Crippen LogP contribution in [0.1, 0.15) is 22.5 Å². The van der Waals surface area contributed by atoms with Crippen molar-refractivity contribution in [1.82, 2.24) is 4.90 Å². The summed E-state index contributed by atoms with van der Waals surface area (Å²) in [6.07, 6.45) is 1.21. The topological polar surface area (TPSA) is 70.8 Å².